The Balaban J connectivity index is 0. The van der Waals surface area contributed by atoms with Gasteiger partial charge in [0.2, 0.25) is 0 Å². The molecule has 0 saturated carbocycles. The quantitative estimate of drug-likeness (QED) is 0.478. The first-order valence-corrected chi connectivity index (χ1v) is 3.49. The molecule has 0 aromatic rings. The van der Waals surface area contributed by atoms with E-state index < -0.39 is 12.4 Å². The fourth-order valence-electron chi connectivity index (χ4n) is 0.0630. The highest BCUT2D eigenvalue weighted by Crippen LogP contribution is 1.96. The monoisotopic (exact) mass is 206 g/mol. The molecule has 0 heterocycles. The van der Waals surface area contributed by atoms with E-state index in [0.29, 0.717) is 5.88 Å². The van der Waals surface area contributed by atoms with Gasteiger partial charge in [-0.1, -0.05) is 6.08 Å². The first-order chi connectivity index (χ1) is 5.08. The van der Waals surface area contributed by atoms with Gasteiger partial charge in [0.1, 0.15) is 0 Å². The standard InChI is InChI=1S/C4H6Cl2.C2HF3/c1-2-4(6)3-5;3-1-2(4)5/h2,4H,1,3H2;1H. The van der Waals surface area contributed by atoms with Crippen LogP contribution in [0.3, 0.4) is 0 Å². The van der Waals surface area contributed by atoms with E-state index in [2.05, 4.69) is 6.58 Å². The number of hydrogen-bond acceptors (Lipinski definition) is 0. The van der Waals surface area contributed by atoms with Gasteiger partial charge in [-0.2, -0.15) is 8.78 Å². The predicted molar refractivity (Wildman–Crippen MR) is 42.0 cm³/mol. The number of halogens is 5. The molecule has 0 aromatic heterocycles. The smallest absolute Gasteiger partial charge is 0.210 e. The first-order valence-electron chi connectivity index (χ1n) is 2.52. The highest BCUT2D eigenvalue weighted by molar-refractivity contribution is 6.28. The lowest BCUT2D eigenvalue weighted by Gasteiger charge is -1.89. The molecule has 0 spiro atoms. The second-order valence-corrected chi connectivity index (χ2v) is 2.17. The summed E-state index contributed by atoms with van der Waals surface area (Å²) >= 11 is 10.6. The van der Waals surface area contributed by atoms with Crippen molar-refractivity contribution >= 4 is 23.2 Å². The van der Waals surface area contributed by atoms with Crippen molar-refractivity contribution in [2.75, 3.05) is 5.88 Å². The van der Waals surface area contributed by atoms with Crippen LogP contribution in [0, 0.1) is 0 Å². The average Bonchev–Trinajstić information content (AvgIpc) is 2.04. The van der Waals surface area contributed by atoms with Crippen molar-refractivity contribution in [2.45, 2.75) is 5.38 Å². The Kier molecular flexibility index (Phi) is 12.0. The maximum atomic E-state index is 10.2. The predicted octanol–water partition coefficient (Wildman–Crippen LogP) is 3.71. The van der Waals surface area contributed by atoms with E-state index in [1.54, 1.807) is 6.08 Å². The summed E-state index contributed by atoms with van der Waals surface area (Å²) in [5.74, 6) is 0.449. The van der Waals surface area contributed by atoms with Crippen molar-refractivity contribution in [3.8, 4) is 0 Å². The normalized spacial score (nSPS) is 10.6. The number of alkyl halides is 2. The van der Waals surface area contributed by atoms with Crippen molar-refractivity contribution in [2.24, 2.45) is 0 Å². The highest BCUT2D eigenvalue weighted by atomic mass is 35.5. The van der Waals surface area contributed by atoms with Gasteiger partial charge in [0.05, 0.1) is 5.38 Å². The van der Waals surface area contributed by atoms with E-state index in [0.717, 1.165) is 0 Å². The third-order valence-electron chi connectivity index (χ3n) is 0.486. The van der Waals surface area contributed by atoms with Gasteiger partial charge < -0.3 is 0 Å². The molecular weight excluding hydrogens is 200 g/mol. The molecule has 0 aliphatic heterocycles. The maximum absolute atomic E-state index is 10.2. The second-order valence-electron chi connectivity index (χ2n) is 1.30. The molecule has 5 heteroatoms. The lowest BCUT2D eigenvalue weighted by Crippen LogP contribution is -1.90. The Labute approximate surface area is 73.3 Å². The molecule has 11 heavy (non-hydrogen) atoms. The first kappa shape index (κ1) is 13.4. The summed E-state index contributed by atoms with van der Waals surface area (Å²) in [7, 11) is 0. The van der Waals surface area contributed by atoms with Gasteiger partial charge in [0.15, 0.2) is 6.33 Å². The molecule has 0 saturated heterocycles. The molecule has 0 radical (unpaired) electrons. The van der Waals surface area contributed by atoms with Crippen molar-refractivity contribution in [1.29, 1.82) is 0 Å². The van der Waals surface area contributed by atoms with Gasteiger partial charge in [-0.05, 0) is 0 Å². The second kappa shape index (κ2) is 9.85. The van der Waals surface area contributed by atoms with Gasteiger partial charge >= 0.3 is 0 Å². The summed E-state index contributed by atoms with van der Waals surface area (Å²) in [4.78, 5) is 0. The molecule has 0 aliphatic carbocycles. The van der Waals surface area contributed by atoms with Crippen LogP contribution in [-0.4, -0.2) is 11.3 Å². The summed E-state index contributed by atoms with van der Waals surface area (Å²) in [6.07, 6.45) is -1.43. The summed E-state index contributed by atoms with van der Waals surface area (Å²) < 4.78 is 30.7. The summed E-state index contributed by atoms with van der Waals surface area (Å²) in [6, 6.07) is 0. The van der Waals surface area contributed by atoms with E-state index in [9.17, 15) is 13.2 Å². The van der Waals surface area contributed by atoms with Gasteiger partial charge in [0.25, 0.3) is 6.08 Å². The molecule has 0 bridgehead atoms. The largest absolute Gasteiger partial charge is 0.298 e. The minimum atomic E-state index is -2.29. The van der Waals surface area contributed by atoms with Crippen LogP contribution >= 0.6 is 23.2 Å². The minimum Gasteiger partial charge on any atom is -0.210 e. The molecule has 0 amide bonds. The third-order valence-corrected chi connectivity index (χ3v) is 1.31. The molecule has 0 N–H and O–H groups in total. The molecule has 0 rings (SSSR count). The SMILES string of the molecule is C=CC(Cl)CCl.FC=C(F)F. The van der Waals surface area contributed by atoms with Crippen molar-refractivity contribution in [3.63, 3.8) is 0 Å². The van der Waals surface area contributed by atoms with Crippen LogP contribution in [0.2, 0.25) is 0 Å². The average molecular weight is 207 g/mol. The molecule has 0 aliphatic rings. The number of hydrogen-bond donors (Lipinski definition) is 0. The Bertz CT molecular complexity index is 121. The van der Waals surface area contributed by atoms with Crippen LogP contribution in [0.25, 0.3) is 0 Å². The topological polar surface area (TPSA) is 0 Å². The zero-order valence-corrected chi connectivity index (χ0v) is 7.05. The molecule has 0 aromatic carbocycles. The van der Waals surface area contributed by atoms with Crippen molar-refractivity contribution in [1.82, 2.24) is 0 Å². The highest BCUT2D eigenvalue weighted by Gasteiger charge is 1.89. The fraction of sp³-hybridized carbons (Fsp3) is 0.333. The molecule has 1 atom stereocenters. The number of allylic oxidation sites excluding steroid dienone is 1. The minimum absolute atomic E-state index is 0.0633. The van der Waals surface area contributed by atoms with E-state index in [-0.39, 0.29) is 5.38 Å². The lowest BCUT2D eigenvalue weighted by molar-refractivity contribution is 0.400. The number of rotatable bonds is 2. The lowest BCUT2D eigenvalue weighted by atomic mass is 10.5. The zero-order chi connectivity index (χ0) is 9.28. The molecular formula is C6H7Cl2F3. The van der Waals surface area contributed by atoms with Crippen LogP contribution in [-0.2, 0) is 0 Å². The Hall–Kier alpha value is -0.150. The summed E-state index contributed by atoms with van der Waals surface area (Å²) in [5.41, 5.74) is 0. The van der Waals surface area contributed by atoms with E-state index in [4.69, 9.17) is 23.2 Å². The van der Waals surface area contributed by atoms with E-state index in [1.165, 1.54) is 0 Å². The van der Waals surface area contributed by atoms with Gasteiger partial charge in [-0.25, -0.2) is 4.39 Å². The zero-order valence-electron chi connectivity index (χ0n) is 5.54. The summed E-state index contributed by atoms with van der Waals surface area (Å²) in [6.45, 7) is 3.42. The van der Waals surface area contributed by atoms with Crippen LogP contribution in [0.5, 0.6) is 0 Å². The van der Waals surface area contributed by atoms with Gasteiger partial charge in [-0.15, -0.1) is 29.8 Å². The Morgan fingerprint density at radius 3 is 1.91 bits per heavy atom. The Morgan fingerprint density at radius 1 is 1.55 bits per heavy atom. The summed E-state index contributed by atoms with van der Waals surface area (Å²) in [5, 5.41) is -0.0633. The van der Waals surface area contributed by atoms with Crippen LogP contribution in [0.4, 0.5) is 13.2 Å². The van der Waals surface area contributed by atoms with Crippen molar-refractivity contribution < 1.29 is 13.2 Å². The van der Waals surface area contributed by atoms with Crippen molar-refractivity contribution in [3.05, 3.63) is 25.1 Å². The fourth-order valence-corrected chi connectivity index (χ4v) is 0.189. The molecule has 1 unspecified atom stereocenters. The maximum Gasteiger partial charge on any atom is 0.298 e. The van der Waals surface area contributed by atoms with Crippen LogP contribution in [0.1, 0.15) is 0 Å². The van der Waals surface area contributed by atoms with Crippen LogP contribution < -0.4 is 0 Å². The van der Waals surface area contributed by atoms with E-state index >= 15 is 0 Å². The Morgan fingerprint density at radius 2 is 1.91 bits per heavy atom. The molecule has 0 nitrogen and oxygen atoms in total. The van der Waals surface area contributed by atoms with Gasteiger partial charge in [0, 0.05) is 5.88 Å². The molecule has 0 fully saturated rings. The molecule has 66 valence electrons. The van der Waals surface area contributed by atoms with E-state index in [1.807, 2.05) is 0 Å². The van der Waals surface area contributed by atoms with Crippen LogP contribution in [0.15, 0.2) is 25.1 Å². The third kappa shape index (κ3) is 17.7. The van der Waals surface area contributed by atoms with Gasteiger partial charge in [-0.3, -0.25) is 0 Å².